The topological polar surface area (TPSA) is 79.2 Å². The molecular weight excluding hydrogens is 477 g/mol. The Kier molecular flexibility index (Phi) is 5.76. The Morgan fingerprint density at radius 3 is 2.27 bits per heavy atom. The molecule has 1 aliphatic rings. The number of anilines is 1. The standard InChI is InChI=1S/C23H16ClF3N2O3S/c24-17-9-7-16(8-10-17)21-22(14-28,33(30,31)20-4-2-1-3-19(20)29-21)13-15-5-11-18(12-6-15)32-23(25,26)27/h1-12,21,29H,13H2. The summed E-state index contributed by atoms with van der Waals surface area (Å²) in [6.45, 7) is 0. The predicted molar refractivity (Wildman–Crippen MR) is 117 cm³/mol. The van der Waals surface area contributed by atoms with Crippen LogP contribution in [0.4, 0.5) is 18.9 Å². The maximum absolute atomic E-state index is 13.8. The maximum atomic E-state index is 13.8. The third kappa shape index (κ3) is 4.24. The minimum atomic E-state index is -4.85. The van der Waals surface area contributed by atoms with Gasteiger partial charge in [0.2, 0.25) is 9.84 Å². The first-order chi connectivity index (χ1) is 15.6. The van der Waals surface area contributed by atoms with Gasteiger partial charge in [-0.25, -0.2) is 8.42 Å². The van der Waals surface area contributed by atoms with Gasteiger partial charge >= 0.3 is 6.36 Å². The summed E-state index contributed by atoms with van der Waals surface area (Å²) < 4.78 is 66.9. The number of nitrogens with one attached hydrogen (secondary N) is 1. The second-order valence-electron chi connectivity index (χ2n) is 7.50. The van der Waals surface area contributed by atoms with Crippen molar-refractivity contribution in [3.8, 4) is 11.8 Å². The lowest BCUT2D eigenvalue weighted by Gasteiger charge is -2.40. The third-order valence-electron chi connectivity index (χ3n) is 5.44. The zero-order valence-electron chi connectivity index (χ0n) is 16.8. The zero-order chi connectivity index (χ0) is 23.9. The number of sulfone groups is 1. The predicted octanol–water partition coefficient (Wildman–Crippen LogP) is 5.68. The summed E-state index contributed by atoms with van der Waals surface area (Å²) in [5.74, 6) is -0.443. The van der Waals surface area contributed by atoms with Crippen LogP contribution in [-0.4, -0.2) is 19.5 Å². The van der Waals surface area contributed by atoms with Gasteiger partial charge in [0.1, 0.15) is 5.75 Å². The molecule has 3 aromatic carbocycles. The summed E-state index contributed by atoms with van der Waals surface area (Å²) in [6.07, 6.45) is -5.12. The Bertz CT molecular complexity index is 1320. The number of halogens is 4. The van der Waals surface area contributed by atoms with Crippen molar-refractivity contribution in [2.45, 2.75) is 28.5 Å². The second kappa shape index (κ2) is 8.28. The van der Waals surface area contributed by atoms with E-state index in [2.05, 4.69) is 10.1 Å². The Balaban J connectivity index is 1.83. The fourth-order valence-corrected chi connectivity index (χ4v) is 6.10. The van der Waals surface area contributed by atoms with Crippen molar-refractivity contribution in [2.24, 2.45) is 0 Å². The molecule has 0 fully saturated rings. The second-order valence-corrected chi connectivity index (χ2v) is 10.1. The highest BCUT2D eigenvalue weighted by atomic mass is 35.5. The quantitative estimate of drug-likeness (QED) is 0.506. The fraction of sp³-hybridized carbons (Fsp3) is 0.174. The SMILES string of the molecule is N#CC1(Cc2ccc(OC(F)(F)F)cc2)C(c2ccc(Cl)cc2)Nc2ccccc2S1(=O)=O. The van der Waals surface area contributed by atoms with Crippen LogP contribution in [0.3, 0.4) is 0 Å². The molecule has 0 amide bonds. The molecule has 0 saturated carbocycles. The molecule has 1 aliphatic heterocycles. The van der Waals surface area contributed by atoms with Gasteiger partial charge in [0.05, 0.1) is 22.7 Å². The van der Waals surface area contributed by atoms with Gasteiger partial charge in [0.25, 0.3) is 0 Å². The molecule has 0 radical (unpaired) electrons. The van der Waals surface area contributed by atoms with E-state index in [1.54, 1.807) is 42.5 Å². The van der Waals surface area contributed by atoms with Crippen molar-refractivity contribution >= 4 is 27.1 Å². The minimum absolute atomic E-state index is 0.0196. The van der Waals surface area contributed by atoms with Gasteiger partial charge in [-0.1, -0.05) is 48.0 Å². The summed E-state index contributed by atoms with van der Waals surface area (Å²) >= 11 is 5.99. The molecule has 170 valence electrons. The lowest BCUT2D eigenvalue weighted by Crippen LogP contribution is -2.51. The molecule has 5 nitrogen and oxygen atoms in total. The van der Waals surface area contributed by atoms with Gasteiger partial charge in [-0.05, 0) is 47.5 Å². The summed E-state index contributed by atoms with van der Waals surface area (Å²) in [5, 5.41) is 13.9. The maximum Gasteiger partial charge on any atom is 0.573 e. The first-order valence-corrected chi connectivity index (χ1v) is 11.5. The van der Waals surface area contributed by atoms with Crippen LogP contribution in [0.15, 0.2) is 77.7 Å². The Morgan fingerprint density at radius 1 is 1.03 bits per heavy atom. The summed E-state index contributed by atoms with van der Waals surface area (Å²) in [4.78, 5) is -0.0196. The van der Waals surface area contributed by atoms with Crippen molar-refractivity contribution in [3.63, 3.8) is 0 Å². The van der Waals surface area contributed by atoms with Crippen LogP contribution < -0.4 is 10.1 Å². The van der Waals surface area contributed by atoms with Crippen LogP contribution in [0, 0.1) is 11.3 Å². The van der Waals surface area contributed by atoms with Crippen molar-refractivity contribution in [2.75, 3.05) is 5.32 Å². The number of nitrogens with zero attached hydrogens (tertiary/aromatic N) is 1. The number of hydrogen-bond donors (Lipinski definition) is 1. The minimum Gasteiger partial charge on any atom is -0.406 e. The van der Waals surface area contributed by atoms with Gasteiger partial charge in [-0.2, -0.15) is 5.26 Å². The number of alkyl halides is 3. The molecule has 0 aromatic heterocycles. The number of fused-ring (bicyclic) bond motifs is 1. The molecule has 2 atom stereocenters. The Hall–Kier alpha value is -3.22. The van der Waals surface area contributed by atoms with Crippen LogP contribution in [0.2, 0.25) is 5.02 Å². The molecule has 1 N–H and O–H groups in total. The largest absolute Gasteiger partial charge is 0.573 e. The van der Waals surface area contributed by atoms with Crippen LogP contribution in [0.5, 0.6) is 5.75 Å². The molecule has 0 saturated heterocycles. The van der Waals surface area contributed by atoms with Crippen LogP contribution in [0.1, 0.15) is 17.2 Å². The number of hydrogen-bond acceptors (Lipinski definition) is 5. The van der Waals surface area contributed by atoms with Crippen molar-refractivity contribution in [1.82, 2.24) is 0 Å². The summed E-state index contributed by atoms with van der Waals surface area (Å²) in [6, 6.07) is 18.6. The average molecular weight is 493 g/mol. The summed E-state index contributed by atoms with van der Waals surface area (Å²) in [7, 11) is -4.21. The van der Waals surface area contributed by atoms with E-state index in [0.29, 0.717) is 21.8 Å². The van der Waals surface area contributed by atoms with E-state index in [9.17, 15) is 26.9 Å². The number of nitriles is 1. The lowest BCUT2D eigenvalue weighted by molar-refractivity contribution is -0.274. The molecule has 0 aliphatic carbocycles. The van der Waals surface area contributed by atoms with Gasteiger partial charge in [0, 0.05) is 11.4 Å². The number of rotatable bonds is 4. The molecule has 4 rings (SSSR count). The van der Waals surface area contributed by atoms with Crippen molar-refractivity contribution < 1.29 is 26.3 Å². The molecule has 2 unspecified atom stereocenters. The molecular formula is C23H16ClF3N2O3S. The molecule has 0 bridgehead atoms. The highest BCUT2D eigenvalue weighted by molar-refractivity contribution is 7.93. The third-order valence-corrected chi connectivity index (χ3v) is 8.06. The van der Waals surface area contributed by atoms with E-state index in [1.807, 2.05) is 6.07 Å². The van der Waals surface area contributed by atoms with Crippen molar-refractivity contribution in [1.29, 1.82) is 5.26 Å². The van der Waals surface area contributed by atoms with E-state index in [0.717, 1.165) is 12.1 Å². The highest BCUT2D eigenvalue weighted by Gasteiger charge is 2.56. The van der Waals surface area contributed by atoms with Gasteiger partial charge in [-0.3, -0.25) is 0 Å². The molecule has 10 heteroatoms. The normalized spacial score (nSPS) is 21.4. The number of para-hydroxylation sites is 1. The van der Waals surface area contributed by atoms with E-state index >= 15 is 0 Å². The molecule has 33 heavy (non-hydrogen) atoms. The van der Waals surface area contributed by atoms with Gasteiger partial charge in [0.15, 0.2) is 4.75 Å². The average Bonchev–Trinajstić information content (AvgIpc) is 2.76. The van der Waals surface area contributed by atoms with Crippen LogP contribution in [-0.2, 0) is 16.3 Å². The number of benzene rings is 3. The molecule has 0 spiro atoms. The van der Waals surface area contributed by atoms with Gasteiger partial charge < -0.3 is 10.1 Å². The zero-order valence-corrected chi connectivity index (χ0v) is 18.4. The van der Waals surface area contributed by atoms with Crippen LogP contribution in [0.25, 0.3) is 0 Å². The Morgan fingerprint density at radius 2 is 1.67 bits per heavy atom. The summed E-state index contributed by atoms with van der Waals surface area (Å²) in [5.41, 5.74) is 1.24. The monoisotopic (exact) mass is 492 g/mol. The van der Waals surface area contributed by atoms with E-state index in [4.69, 9.17) is 11.6 Å². The first-order valence-electron chi connectivity index (χ1n) is 9.67. The molecule has 3 aromatic rings. The smallest absolute Gasteiger partial charge is 0.406 e. The van der Waals surface area contributed by atoms with E-state index < -0.39 is 32.7 Å². The van der Waals surface area contributed by atoms with Crippen molar-refractivity contribution in [3.05, 3.63) is 88.9 Å². The number of ether oxygens (including phenoxy) is 1. The van der Waals surface area contributed by atoms with Gasteiger partial charge in [-0.15, -0.1) is 13.2 Å². The lowest BCUT2D eigenvalue weighted by atomic mass is 9.87. The first kappa shape index (κ1) is 23.0. The fourth-order valence-electron chi connectivity index (χ4n) is 3.92. The Labute approximate surface area is 193 Å². The highest BCUT2D eigenvalue weighted by Crippen LogP contribution is 2.48. The van der Waals surface area contributed by atoms with Crippen LogP contribution >= 0.6 is 11.6 Å². The molecule has 1 heterocycles. The van der Waals surface area contributed by atoms with E-state index in [-0.39, 0.29) is 11.3 Å². The van der Waals surface area contributed by atoms with E-state index in [1.165, 1.54) is 18.2 Å².